The molecule has 2 saturated heterocycles. The lowest BCUT2D eigenvalue weighted by atomic mass is 9.83. The number of halogens is 1. The Balaban J connectivity index is 1.94. The number of Topliss-reactive ketones (excluding diaryl/α,β-unsaturated/α-hetero) is 1. The molecule has 0 aromatic heterocycles. The lowest BCUT2D eigenvalue weighted by molar-refractivity contribution is -0.121. The van der Waals surface area contributed by atoms with Crippen molar-refractivity contribution < 1.29 is 4.79 Å². The van der Waals surface area contributed by atoms with Gasteiger partial charge in [0, 0.05) is 35.6 Å². The van der Waals surface area contributed by atoms with Gasteiger partial charge < -0.3 is 4.90 Å². The van der Waals surface area contributed by atoms with Gasteiger partial charge in [-0.15, -0.1) is 0 Å². The van der Waals surface area contributed by atoms with Crippen LogP contribution in [0.25, 0.3) is 0 Å². The third-order valence-corrected chi connectivity index (χ3v) is 4.13. The van der Waals surface area contributed by atoms with Gasteiger partial charge in [-0.05, 0) is 37.5 Å². The molecule has 1 aromatic carbocycles. The van der Waals surface area contributed by atoms with Crippen molar-refractivity contribution in [1.29, 1.82) is 0 Å². The van der Waals surface area contributed by atoms with E-state index < -0.39 is 0 Å². The molecule has 2 fully saturated rings. The van der Waals surface area contributed by atoms with Crippen molar-refractivity contribution in [3.63, 3.8) is 0 Å². The summed E-state index contributed by atoms with van der Waals surface area (Å²) in [6.07, 6.45) is 4.94. The van der Waals surface area contributed by atoms with Gasteiger partial charge in [-0.25, -0.2) is 0 Å². The molecule has 0 N–H and O–H groups in total. The molecule has 2 bridgehead atoms. The molecule has 2 aliphatic heterocycles. The summed E-state index contributed by atoms with van der Waals surface area (Å²) in [7, 11) is 0. The molecule has 2 nitrogen and oxygen atoms in total. The number of ketones is 1. The number of fused-ring (bicyclic) bond motifs is 2. The van der Waals surface area contributed by atoms with Crippen LogP contribution in [0.3, 0.4) is 0 Å². The van der Waals surface area contributed by atoms with Crippen LogP contribution in [-0.2, 0) is 4.79 Å². The summed E-state index contributed by atoms with van der Waals surface area (Å²) < 4.78 is 0. The van der Waals surface area contributed by atoms with Crippen molar-refractivity contribution in [2.45, 2.75) is 44.2 Å². The lowest BCUT2D eigenvalue weighted by Crippen LogP contribution is -2.52. The van der Waals surface area contributed by atoms with E-state index in [1.165, 1.54) is 12.1 Å². The predicted octanol–water partition coefficient (Wildman–Crippen LogP) is 3.43. The van der Waals surface area contributed by atoms with Crippen LogP contribution >= 0.6 is 11.6 Å². The second-order valence-corrected chi connectivity index (χ2v) is 5.51. The molecule has 0 aliphatic carbocycles. The highest BCUT2D eigenvalue weighted by Gasteiger charge is 2.37. The Morgan fingerprint density at radius 3 is 2.53 bits per heavy atom. The zero-order chi connectivity index (χ0) is 11.8. The van der Waals surface area contributed by atoms with E-state index in [1.54, 1.807) is 0 Å². The molecule has 2 heterocycles. The monoisotopic (exact) mass is 249 g/mol. The molecular weight excluding hydrogens is 234 g/mol. The zero-order valence-corrected chi connectivity index (χ0v) is 10.5. The number of hydrogen-bond acceptors (Lipinski definition) is 2. The molecular formula is C14H16ClNO. The van der Waals surface area contributed by atoms with Gasteiger partial charge in [-0.3, -0.25) is 4.79 Å². The largest absolute Gasteiger partial charge is 0.365 e. The number of rotatable bonds is 1. The van der Waals surface area contributed by atoms with Crippen LogP contribution < -0.4 is 4.90 Å². The molecule has 0 amide bonds. The molecule has 3 heteroatoms. The van der Waals surface area contributed by atoms with Crippen molar-refractivity contribution in [2.24, 2.45) is 0 Å². The summed E-state index contributed by atoms with van der Waals surface area (Å²) in [5, 5.41) is 0.775. The van der Waals surface area contributed by atoms with Gasteiger partial charge in [0.15, 0.2) is 0 Å². The van der Waals surface area contributed by atoms with E-state index in [0.29, 0.717) is 30.7 Å². The van der Waals surface area contributed by atoms with Gasteiger partial charge in [0.25, 0.3) is 0 Å². The second-order valence-electron chi connectivity index (χ2n) is 5.07. The van der Waals surface area contributed by atoms with Crippen LogP contribution in [0.1, 0.15) is 32.1 Å². The summed E-state index contributed by atoms with van der Waals surface area (Å²) in [5.41, 5.74) is 1.18. The zero-order valence-electron chi connectivity index (χ0n) is 9.73. The summed E-state index contributed by atoms with van der Waals surface area (Å²) in [6, 6.07) is 8.80. The van der Waals surface area contributed by atoms with Crippen LogP contribution in [0.2, 0.25) is 5.02 Å². The van der Waals surface area contributed by atoms with Crippen LogP contribution in [0, 0.1) is 0 Å². The minimum atomic E-state index is 0.397. The Hall–Kier alpha value is -1.02. The third-order valence-electron chi connectivity index (χ3n) is 3.89. The first kappa shape index (κ1) is 11.1. The standard InChI is InChI=1S/C14H16ClNO/c15-10-3-1-4-11(7-10)16-12-5-2-6-13(16)9-14(17)8-12/h1,3-4,7,12-13H,2,5-6,8-9H2. The minimum absolute atomic E-state index is 0.397. The summed E-state index contributed by atoms with van der Waals surface area (Å²) in [4.78, 5) is 14.1. The molecule has 0 radical (unpaired) electrons. The van der Waals surface area contributed by atoms with E-state index in [4.69, 9.17) is 11.6 Å². The van der Waals surface area contributed by atoms with E-state index >= 15 is 0 Å². The number of nitrogens with zero attached hydrogens (tertiary/aromatic N) is 1. The fourth-order valence-corrected chi connectivity index (χ4v) is 3.42. The van der Waals surface area contributed by atoms with Gasteiger partial charge in [0.1, 0.15) is 5.78 Å². The maximum absolute atomic E-state index is 11.7. The second kappa shape index (κ2) is 4.34. The first-order valence-electron chi connectivity index (χ1n) is 6.29. The number of carbonyl (C=O) groups excluding carboxylic acids is 1. The Kier molecular flexibility index (Phi) is 2.83. The molecule has 2 aliphatic rings. The first-order valence-corrected chi connectivity index (χ1v) is 6.67. The molecule has 90 valence electrons. The number of anilines is 1. The van der Waals surface area contributed by atoms with Crippen molar-refractivity contribution in [2.75, 3.05) is 4.90 Å². The first-order chi connectivity index (χ1) is 8.24. The third kappa shape index (κ3) is 2.06. The summed E-state index contributed by atoms with van der Waals surface area (Å²) >= 11 is 6.06. The summed E-state index contributed by atoms with van der Waals surface area (Å²) in [6.45, 7) is 0. The van der Waals surface area contributed by atoms with E-state index in [1.807, 2.05) is 18.2 Å². The number of piperidine rings is 2. The number of benzene rings is 1. The van der Waals surface area contributed by atoms with Gasteiger partial charge in [-0.2, -0.15) is 0 Å². The fraction of sp³-hybridized carbons (Fsp3) is 0.500. The predicted molar refractivity (Wildman–Crippen MR) is 69.6 cm³/mol. The molecule has 1 aromatic rings. The quantitative estimate of drug-likeness (QED) is 0.760. The minimum Gasteiger partial charge on any atom is -0.365 e. The molecule has 0 spiro atoms. The highest BCUT2D eigenvalue weighted by atomic mass is 35.5. The fourth-order valence-electron chi connectivity index (χ4n) is 3.23. The topological polar surface area (TPSA) is 20.3 Å². The maximum atomic E-state index is 11.7. The Morgan fingerprint density at radius 1 is 1.18 bits per heavy atom. The molecule has 3 rings (SSSR count). The van der Waals surface area contributed by atoms with E-state index in [9.17, 15) is 4.79 Å². The van der Waals surface area contributed by atoms with Crippen molar-refractivity contribution in [1.82, 2.24) is 0 Å². The summed E-state index contributed by atoms with van der Waals surface area (Å²) in [5.74, 6) is 0.429. The average molecular weight is 250 g/mol. The Bertz CT molecular complexity index is 430. The van der Waals surface area contributed by atoms with E-state index in [2.05, 4.69) is 11.0 Å². The molecule has 2 atom stereocenters. The van der Waals surface area contributed by atoms with Crippen molar-refractivity contribution in [3.05, 3.63) is 29.3 Å². The normalized spacial score (nSPS) is 28.3. The smallest absolute Gasteiger partial charge is 0.137 e. The SMILES string of the molecule is O=C1CC2CCCC(C1)N2c1cccc(Cl)c1. The van der Waals surface area contributed by atoms with Crippen LogP contribution in [0.4, 0.5) is 5.69 Å². The van der Waals surface area contributed by atoms with Gasteiger partial charge in [0.2, 0.25) is 0 Å². The lowest BCUT2D eigenvalue weighted by Gasteiger charge is -2.47. The van der Waals surface area contributed by atoms with E-state index in [0.717, 1.165) is 17.9 Å². The highest BCUT2D eigenvalue weighted by molar-refractivity contribution is 6.30. The van der Waals surface area contributed by atoms with Crippen molar-refractivity contribution >= 4 is 23.1 Å². The van der Waals surface area contributed by atoms with Crippen LogP contribution in [-0.4, -0.2) is 17.9 Å². The number of carbonyl (C=O) groups is 1. The van der Waals surface area contributed by atoms with E-state index in [-0.39, 0.29) is 0 Å². The number of hydrogen-bond donors (Lipinski definition) is 0. The van der Waals surface area contributed by atoms with Gasteiger partial charge in [0.05, 0.1) is 0 Å². The highest BCUT2D eigenvalue weighted by Crippen LogP contribution is 2.36. The average Bonchev–Trinajstić information content (AvgIpc) is 2.27. The molecule has 2 unspecified atom stereocenters. The Labute approximate surface area is 107 Å². The van der Waals surface area contributed by atoms with Crippen LogP contribution in [0.15, 0.2) is 24.3 Å². The van der Waals surface area contributed by atoms with Gasteiger partial charge in [-0.1, -0.05) is 17.7 Å². The molecule has 17 heavy (non-hydrogen) atoms. The maximum Gasteiger partial charge on any atom is 0.137 e. The van der Waals surface area contributed by atoms with Crippen molar-refractivity contribution in [3.8, 4) is 0 Å². The van der Waals surface area contributed by atoms with Crippen LogP contribution in [0.5, 0.6) is 0 Å². The molecule has 0 saturated carbocycles. The Morgan fingerprint density at radius 2 is 1.88 bits per heavy atom. The van der Waals surface area contributed by atoms with Gasteiger partial charge >= 0.3 is 0 Å².